The Balaban J connectivity index is 0.00000320. The van der Waals surface area contributed by atoms with Gasteiger partial charge >= 0.3 is 0 Å². The number of piperidine rings is 2. The lowest BCUT2D eigenvalue weighted by Gasteiger charge is -2.43. The standard InChI is InChI=1S/C27H39ClN6O2.ClH/c1-31-11-7-22(8-12-31)33-13-15-34(16-14-33)27(36)25(19-32-9-3-2-4-10-32)30-26(35)24-18-20-17-21(28)5-6-23(20)29-24;/h5-6,17-18,22,25,29H,2-4,7-16,19H2,1H3,(H,30,35);1H/t25-;/m1./s1. The van der Waals surface area contributed by atoms with Crippen LogP contribution in [0.4, 0.5) is 0 Å². The lowest BCUT2D eigenvalue weighted by atomic mass is 10.0. The molecule has 37 heavy (non-hydrogen) atoms. The van der Waals surface area contributed by atoms with Crippen molar-refractivity contribution in [3.05, 3.63) is 35.0 Å². The van der Waals surface area contributed by atoms with E-state index in [2.05, 4.69) is 32.0 Å². The number of hydrogen-bond donors (Lipinski definition) is 2. The summed E-state index contributed by atoms with van der Waals surface area (Å²) in [5.74, 6) is -0.209. The van der Waals surface area contributed by atoms with Crippen molar-refractivity contribution in [1.29, 1.82) is 0 Å². The summed E-state index contributed by atoms with van der Waals surface area (Å²) < 4.78 is 0. The van der Waals surface area contributed by atoms with E-state index in [0.29, 0.717) is 23.3 Å². The second-order valence-corrected chi connectivity index (χ2v) is 11.1. The highest BCUT2D eigenvalue weighted by atomic mass is 35.5. The SMILES string of the molecule is CN1CCC(N2CCN(C(=O)[C@@H](CN3CCCCC3)NC(=O)c3cc4cc(Cl)ccc4[nH]3)CC2)CC1.Cl. The number of fused-ring (bicyclic) bond motifs is 1. The summed E-state index contributed by atoms with van der Waals surface area (Å²) in [6, 6.07) is 7.38. The Morgan fingerprint density at radius 1 is 1.00 bits per heavy atom. The molecule has 3 saturated heterocycles. The number of carbonyl (C=O) groups excluding carboxylic acids is 2. The molecular weight excluding hydrogens is 511 g/mol. The van der Waals surface area contributed by atoms with Crippen LogP contribution in [0, 0.1) is 0 Å². The molecule has 2 N–H and O–H groups in total. The first-order valence-corrected chi connectivity index (χ1v) is 13.9. The first kappa shape index (κ1) is 28.2. The molecule has 2 amide bonds. The lowest BCUT2D eigenvalue weighted by molar-refractivity contribution is -0.136. The third kappa shape index (κ3) is 6.98. The van der Waals surface area contributed by atoms with Crippen LogP contribution in [0.25, 0.3) is 10.9 Å². The van der Waals surface area contributed by atoms with Crippen molar-refractivity contribution in [2.24, 2.45) is 0 Å². The minimum Gasteiger partial charge on any atom is -0.351 e. The van der Waals surface area contributed by atoms with E-state index in [1.807, 2.05) is 17.0 Å². The lowest BCUT2D eigenvalue weighted by Crippen LogP contribution is -2.59. The molecule has 1 aromatic carbocycles. The number of likely N-dealkylation sites (tertiary alicyclic amines) is 2. The molecule has 2 aromatic rings. The fourth-order valence-corrected chi connectivity index (χ4v) is 6.12. The van der Waals surface area contributed by atoms with Crippen molar-refractivity contribution < 1.29 is 9.59 Å². The summed E-state index contributed by atoms with van der Waals surface area (Å²) in [5, 5.41) is 4.59. The van der Waals surface area contributed by atoms with E-state index < -0.39 is 6.04 Å². The van der Waals surface area contributed by atoms with Crippen LogP contribution < -0.4 is 5.32 Å². The number of nitrogens with one attached hydrogen (secondary N) is 2. The maximum atomic E-state index is 13.7. The van der Waals surface area contributed by atoms with Gasteiger partial charge in [0.25, 0.3) is 5.91 Å². The Labute approximate surface area is 231 Å². The number of carbonyl (C=O) groups is 2. The zero-order valence-corrected chi connectivity index (χ0v) is 23.3. The van der Waals surface area contributed by atoms with Gasteiger partial charge in [0.1, 0.15) is 11.7 Å². The number of aromatic nitrogens is 1. The van der Waals surface area contributed by atoms with Crippen molar-refractivity contribution in [2.45, 2.75) is 44.2 Å². The van der Waals surface area contributed by atoms with Crippen molar-refractivity contribution in [2.75, 3.05) is 66.0 Å². The molecule has 4 heterocycles. The number of rotatable bonds is 6. The van der Waals surface area contributed by atoms with Crippen LogP contribution in [-0.4, -0.2) is 114 Å². The molecule has 3 fully saturated rings. The summed E-state index contributed by atoms with van der Waals surface area (Å²) in [6.07, 6.45) is 5.93. The first-order valence-electron chi connectivity index (χ1n) is 13.5. The Morgan fingerprint density at radius 2 is 1.70 bits per heavy atom. The molecule has 204 valence electrons. The molecule has 0 radical (unpaired) electrons. The van der Waals surface area contributed by atoms with Gasteiger partial charge in [-0.1, -0.05) is 18.0 Å². The largest absolute Gasteiger partial charge is 0.351 e. The maximum absolute atomic E-state index is 13.7. The van der Waals surface area contributed by atoms with Gasteiger partial charge in [0, 0.05) is 54.7 Å². The summed E-state index contributed by atoms with van der Waals surface area (Å²) in [6.45, 7) is 8.08. The molecule has 0 unspecified atom stereocenters. The van der Waals surface area contributed by atoms with Crippen molar-refractivity contribution in [3.63, 3.8) is 0 Å². The fraction of sp³-hybridized carbons (Fsp3) is 0.630. The van der Waals surface area contributed by atoms with Gasteiger partial charge in [-0.25, -0.2) is 0 Å². The van der Waals surface area contributed by atoms with Gasteiger partial charge in [0.15, 0.2) is 0 Å². The van der Waals surface area contributed by atoms with Crippen LogP contribution in [0.2, 0.25) is 5.02 Å². The number of nitrogens with zero attached hydrogens (tertiary/aromatic N) is 4. The maximum Gasteiger partial charge on any atom is 0.268 e. The van der Waals surface area contributed by atoms with Crippen LogP contribution in [-0.2, 0) is 4.79 Å². The van der Waals surface area contributed by atoms with Gasteiger partial charge in [0.05, 0.1) is 0 Å². The third-order valence-corrected chi connectivity index (χ3v) is 8.39. The zero-order valence-electron chi connectivity index (χ0n) is 21.8. The van der Waals surface area contributed by atoms with Gasteiger partial charge in [-0.05, 0) is 83.2 Å². The van der Waals surface area contributed by atoms with E-state index in [-0.39, 0.29) is 24.2 Å². The van der Waals surface area contributed by atoms with Gasteiger partial charge in [-0.3, -0.25) is 14.5 Å². The number of amides is 2. The highest BCUT2D eigenvalue weighted by Gasteiger charge is 2.33. The topological polar surface area (TPSA) is 74.9 Å². The van der Waals surface area contributed by atoms with Crippen molar-refractivity contribution >= 4 is 46.7 Å². The smallest absolute Gasteiger partial charge is 0.268 e. The van der Waals surface area contributed by atoms with E-state index in [9.17, 15) is 9.59 Å². The molecule has 5 rings (SSSR count). The average molecular weight is 552 g/mol. The monoisotopic (exact) mass is 550 g/mol. The van der Waals surface area contributed by atoms with Gasteiger partial charge < -0.3 is 25.0 Å². The van der Waals surface area contributed by atoms with Crippen molar-refractivity contribution in [1.82, 2.24) is 29.9 Å². The van der Waals surface area contributed by atoms with Gasteiger partial charge in [-0.15, -0.1) is 12.4 Å². The molecule has 0 saturated carbocycles. The normalized spacial score (nSPS) is 21.5. The van der Waals surface area contributed by atoms with E-state index in [1.165, 1.54) is 19.3 Å². The van der Waals surface area contributed by atoms with Crippen LogP contribution >= 0.6 is 24.0 Å². The summed E-state index contributed by atoms with van der Waals surface area (Å²) in [4.78, 5) is 39.4. The third-order valence-electron chi connectivity index (χ3n) is 8.15. The Kier molecular flexibility index (Phi) is 9.75. The summed E-state index contributed by atoms with van der Waals surface area (Å²) in [5.41, 5.74) is 1.31. The van der Waals surface area contributed by atoms with Gasteiger partial charge in [0.2, 0.25) is 5.91 Å². The Morgan fingerprint density at radius 3 is 2.41 bits per heavy atom. The minimum atomic E-state index is -0.555. The zero-order chi connectivity index (χ0) is 25.1. The van der Waals surface area contributed by atoms with Crippen LogP contribution in [0.15, 0.2) is 24.3 Å². The number of piperazine rings is 1. The molecule has 0 aliphatic carbocycles. The second-order valence-electron chi connectivity index (χ2n) is 10.7. The number of benzene rings is 1. The molecule has 3 aliphatic heterocycles. The average Bonchev–Trinajstić information content (AvgIpc) is 3.32. The quantitative estimate of drug-likeness (QED) is 0.578. The second kappa shape index (κ2) is 12.8. The van der Waals surface area contributed by atoms with E-state index in [0.717, 1.165) is 76.1 Å². The number of halogens is 2. The molecule has 3 aliphatic rings. The van der Waals surface area contributed by atoms with Crippen LogP contribution in [0.5, 0.6) is 0 Å². The van der Waals surface area contributed by atoms with E-state index in [1.54, 1.807) is 12.1 Å². The first-order chi connectivity index (χ1) is 17.5. The number of hydrogen-bond acceptors (Lipinski definition) is 5. The fourth-order valence-electron chi connectivity index (χ4n) is 5.94. The summed E-state index contributed by atoms with van der Waals surface area (Å²) in [7, 11) is 2.19. The summed E-state index contributed by atoms with van der Waals surface area (Å²) >= 11 is 6.12. The molecule has 8 nitrogen and oxygen atoms in total. The Hall–Kier alpha value is -1.84. The molecule has 1 aromatic heterocycles. The highest BCUT2D eigenvalue weighted by molar-refractivity contribution is 6.31. The number of aromatic amines is 1. The van der Waals surface area contributed by atoms with Gasteiger partial charge in [-0.2, -0.15) is 0 Å². The highest BCUT2D eigenvalue weighted by Crippen LogP contribution is 2.21. The molecular formula is C27H40Cl2N6O2. The minimum absolute atomic E-state index is 0. The predicted molar refractivity (Wildman–Crippen MR) is 151 cm³/mol. The van der Waals surface area contributed by atoms with Crippen LogP contribution in [0.1, 0.15) is 42.6 Å². The number of H-pyrrole nitrogens is 1. The van der Waals surface area contributed by atoms with Crippen LogP contribution in [0.3, 0.4) is 0 Å². The van der Waals surface area contributed by atoms with Crippen molar-refractivity contribution in [3.8, 4) is 0 Å². The molecule has 0 bridgehead atoms. The molecule has 10 heteroatoms. The molecule has 0 spiro atoms. The predicted octanol–water partition coefficient (Wildman–Crippen LogP) is 3.07. The van der Waals surface area contributed by atoms with E-state index in [4.69, 9.17) is 11.6 Å². The van der Waals surface area contributed by atoms with E-state index >= 15 is 0 Å². The Bertz CT molecular complexity index is 1060. The molecule has 1 atom stereocenters.